The van der Waals surface area contributed by atoms with Crippen LogP contribution in [0.15, 0.2) is 0 Å². The maximum atomic E-state index is 3.21. The Kier molecular flexibility index (Phi) is 93.9. The minimum absolute atomic E-state index is 0.313. The molecular formula is C98H200N2S4. The van der Waals surface area contributed by atoms with Crippen molar-refractivity contribution >= 4 is 51.2 Å². The van der Waals surface area contributed by atoms with Crippen molar-refractivity contribution in [1.29, 1.82) is 0 Å². The molecule has 0 aromatic heterocycles. The Morgan fingerprint density at radius 3 is 0.375 bits per heavy atom. The quantitative estimate of drug-likeness (QED) is 0.0340. The number of hydrogen-bond acceptors (Lipinski definition) is 2. The molecule has 0 aromatic rings. The summed E-state index contributed by atoms with van der Waals surface area (Å²) in [7, 11) is 5.55. The Hall–Kier alpha value is 1.06. The molecule has 0 heterocycles. The van der Waals surface area contributed by atoms with Crippen LogP contribution in [-0.2, 0) is 0 Å². The SMILES string of the molecule is CCCCCCCCCCCCN(CCCCCCCCCCCC)C(SSC(N(CCCCCCCCCCCC)CCCCCCCCCCCC)=S(CCCCCCCCCCCC)CCCCCCCCCCCC)=S(CCCCCCCCCCCC)CCCCCCCCCCCC. The van der Waals surface area contributed by atoms with Crippen LogP contribution < -0.4 is 0 Å². The van der Waals surface area contributed by atoms with E-state index in [0.29, 0.717) is 21.0 Å². The second-order valence-electron chi connectivity index (χ2n) is 33.9. The average Bonchev–Trinajstić information content (AvgIpc) is 0.847. The second kappa shape index (κ2) is 92.9. The molecule has 0 fully saturated rings. The lowest BCUT2D eigenvalue weighted by atomic mass is 10.1. The van der Waals surface area contributed by atoms with Crippen LogP contribution in [0.4, 0.5) is 0 Å². The summed E-state index contributed by atoms with van der Waals surface area (Å²) in [5.41, 5.74) is 0. The van der Waals surface area contributed by atoms with E-state index in [1.54, 1.807) is 0 Å². The largest absolute Gasteiger partial charge is 0.264 e. The predicted octanol–water partition coefficient (Wildman–Crippen LogP) is 37.1. The fourth-order valence-corrected chi connectivity index (χ4v) is 26.3. The first kappa shape index (κ1) is 105. The van der Waals surface area contributed by atoms with Gasteiger partial charge in [-0.3, -0.25) is 9.80 Å². The first-order valence-corrected chi connectivity index (χ1v) is 54.8. The van der Waals surface area contributed by atoms with Crippen LogP contribution in [0.25, 0.3) is 0 Å². The number of hydrogen-bond donors (Lipinski definition) is 0. The van der Waals surface area contributed by atoms with Crippen LogP contribution in [-0.4, -0.2) is 67.6 Å². The fraction of sp³-hybridized carbons (Fsp3) is 0.980. The maximum absolute atomic E-state index is 3.21. The molecule has 0 saturated carbocycles. The molecule has 0 aliphatic heterocycles. The number of unbranched alkanes of at least 4 members (excludes halogenated alkanes) is 72. The average molecular weight is 1530 g/mol. The molecule has 104 heavy (non-hydrogen) atoms. The van der Waals surface area contributed by atoms with E-state index in [1.165, 1.54) is 563 Å². The fourth-order valence-electron chi connectivity index (χ4n) is 16.0. The van der Waals surface area contributed by atoms with Gasteiger partial charge in [0.25, 0.3) is 0 Å². The van der Waals surface area contributed by atoms with E-state index < -0.39 is 0 Å². The van der Waals surface area contributed by atoms with Gasteiger partial charge in [-0.1, -0.05) is 518 Å². The molecule has 0 aliphatic carbocycles. The highest BCUT2D eigenvalue weighted by atomic mass is 33.1. The molecule has 0 rings (SSSR count). The van der Waals surface area contributed by atoms with E-state index in [1.807, 2.05) is 8.64 Å². The summed E-state index contributed by atoms with van der Waals surface area (Å²) in [6.07, 6.45) is 116. The smallest absolute Gasteiger partial charge is 0.0870 e. The third-order valence-corrected chi connectivity index (χ3v) is 32.6. The Labute approximate surface area is 674 Å². The predicted molar refractivity (Wildman–Crippen MR) is 498 cm³/mol. The zero-order valence-electron chi connectivity index (χ0n) is 73.8. The molecule has 0 amide bonds. The second-order valence-corrected chi connectivity index (χ2v) is 40.9. The molecule has 2 nitrogen and oxygen atoms in total. The topological polar surface area (TPSA) is 6.48 Å². The number of nitrogens with zero attached hydrogens (tertiary/aromatic N) is 2. The molecule has 0 radical (unpaired) electrons. The van der Waals surface area contributed by atoms with Crippen LogP contribution in [0.1, 0.15) is 569 Å². The molecule has 0 N–H and O–H groups in total. The summed E-state index contributed by atoms with van der Waals surface area (Å²) in [5.74, 6) is 5.84. The van der Waals surface area contributed by atoms with Gasteiger partial charge in [-0.2, -0.15) is 21.0 Å². The summed E-state index contributed by atoms with van der Waals surface area (Å²) in [4.78, 5) is 6.41. The number of rotatable bonds is 88. The van der Waals surface area contributed by atoms with Crippen LogP contribution in [0, 0.1) is 0 Å². The molecular weight excluding hydrogens is 1330 g/mol. The van der Waals surface area contributed by atoms with Crippen molar-refractivity contribution in [2.24, 2.45) is 0 Å². The molecule has 0 bridgehead atoms. The van der Waals surface area contributed by atoms with E-state index in [2.05, 4.69) is 86.8 Å². The monoisotopic (exact) mass is 1530 g/mol. The van der Waals surface area contributed by atoms with Gasteiger partial charge in [0.05, 0.1) is 8.64 Å². The Bertz CT molecular complexity index is 1430. The highest BCUT2D eigenvalue weighted by molar-refractivity contribution is 8.90. The zero-order chi connectivity index (χ0) is 75.1. The van der Waals surface area contributed by atoms with Crippen molar-refractivity contribution in [3.05, 3.63) is 0 Å². The molecule has 0 spiro atoms. The first-order valence-electron chi connectivity index (χ1n) is 49.5. The lowest BCUT2D eigenvalue weighted by Crippen LogP contribution is -2.34. The summed E-state index contributed by atoms with van der Waals surface area (Å²) >= 11 is 0. The van der Waals surface area contributed by atoms with Crippen molar-refractivity contribution < 1.29 is 0 Å². The van der Waals surface area contributed by atoms with Gasteiger partial charge >= 0.3 is 0 Å². The standard InChI is InChI=1S/C98H200N2S4/c1-9-17-25-33-41-49-57-65-73-81-89-99(90-82-74-66-58-50-42-34-26-18-10-2)97(103(93-85-77-69-61-53-45-37-29-21-13-5)94-86-78-70-62-54-46-38-30-22-14-6)101-102-98(100(91-83-75-67-59-51-43-35-27-19-11-3)92-84-76-68-60-52-44-36-28-20-12-4)104(95-87-79-71-63-55-47-39-31-23-15-7)96-88-80-72-64-56-48-40-32-24-16-8/h9-96H2,1-8H3. The lowest BCUT2D eigenvalue weighted by molar-refractivity contribution is 0.393. The van der Waals surface area contributed by atoms with Gasteiger partial charge in [-0.25, -0.2) is 0 Å². The molecule has 6 heteroatoms. The van der Waals surface area contributed by atoms with Crippen LogP contribution in [0.2, 0.25) is 0 Å². The Balaban J connectivity index is 8.18. The lowest BCUT2D eigenvalue weighted by Gasteiger charge is -2.32. The van der Waals surface area contributed by atoms with Gasteiger partial charge < -0.3 is 0 Å². The van der Waals surface area contributed by atoms with Crippen LogP contribution in [0.5, 0.6) is 0 Å². The maximum Gasteiger partial charge on any atom is 0.0870 e. The van der Waals surface area contributed by atoms with Crippen LogP contribution >= 0.6 is 42.6 Å². The normalized spacial score (nSPS) is 12.0. The molecule has 0 atom stereocenters. The van der Waals surface area contributed by atoms with Crippen LogP contribution in [0.3, 0.4) is 0 Å². The van der Waals surface area contributed by atoms with Crippen molar-refractivity contribution in [3.8, 4) is 0 Å². The van der Waals surface area contributed by atoms with Gasteiger partial charge in [0.15, 0.2) is 0 Å². The van der Waals surface area contributed by atoms with Gasteiger partial charge in [0.1, 0.15) is 0 Å². The van der Waals surface area contributed by atoms with Gasteiger partial charge in [-0.15, -0.1) is 0 Å². The van der Waals surface area contributed by atoms with Crippen molar-refractivity contribution in [3.63, 3.8) is 0 Å². The van der Waals surface area contributed by atoms with Gasteiger partial charge in [0.2, 0.25) is 0 Å². The van der Waals surface area contributed by atoms with E-state index in [4.69, 9.17) is 0 Å². The third kappa shape index (κ3) is 77.0. The molecule has 0 saturated heterocycles. The Morgan fingerprint density at radius 2 is 0.250 bits per heavy atom. The summed E-state index contributed by atoms with van der Waals surface area (Å²) in [6, 6.07) is 0. The van der Waals surface area contributed by atoms with Crippen molar-refractivity contribution in [2.75, 3.05) is 49.2 Å². The molecule has 626 valence electrons. The summed E-state index contributed by atoms with van der Waals surface area (Å²) in [6.45, 7) is 24.3. The Morgan fingerprint density at radius 1 is 0.144 bits per heavy atom. The van der Waals surface area contributed by atoms with Gasteiger partial charge in [0, 0.05) is 26.2 Å². The molecule has 0 unspecified atom stereocenters. The van der Waals surface area contributed by atoms with E-state index in [-0.39, 0.29) is 0 Å². The van der Waals surface area contributed by atoms with E-state index in [9.17, 15) is 0 Å². The first-order chi connectivity index (χ1) is 51.6. The summed E-state index contributed by atoms with van der Waals surface area (Å²) < 4.78 is 3.84. The van der Waals surface area contributed by atoms with Gasteiger partial charge in [-0.05, 0) is 96.0 Å². The molecule has 0 aromatic carbocycles. The molecule has 0 aliphatic rings. The minimum atomic E-state index is 0.313. The van der Waals surface area contributed by atoms with Crippen molar-refractivity contribution in [2.45, 2.75) is 569 Å². The highest BCUT2D eigenvalue weighted by Gasteiger charge is 2.23. The summed E-state index contributed by atoms with van der Waals surface area (Å²) in [5, 5.41) is 0. The van der Waals surface area contributed by atoms with E-state index >= 15 is 0 Å². The minimum Gasteiger partial charge on any atom is -0.264 e. The third-order valence-electron chi connectivity index (χ3n) is 23.3. The van der Waals surface area contributed by atoms with Crippen molar-refractivity contribution in [1.82, 2.24) is 9.80 Å². The van der Waals surface area contributed by atoms with E-state index in [0.717, 1.165) is 0 Å². The highest BCUT2D eigenvalue weighted by Crippen LogP contribution is 2.41. The zero-order valence-corrected chi connectivity index (χ0v) is 77.0.